The lowest BCUT2D eigenvalue weighted by Crippen LogP contribution is -2.27. The molecule has 0 saturated carbocycles. The van der Waals surface area contributed by atoms with Crippen LogP contribution in [-0.4, -0.2) is 33.5 Å². The van der Waals surface area contributed by atoms with Crippen LogP contribution in [0.5, 0.6) is 11.5 Å². The van der Waals surface area contributed by atoms with Gasteiger partial charge in [-0.2, -0.15) is 0 Å². The van der Waals surface area contributed by atoms with Crippen molar-refractivity contribution >= 4 is 11.5 Å². The van der Waals surface area contributed by atoms with Crippen LogP contribution in [0.25, 0.3) is 5.57 Å². The summed E-state index contributed by atoms with van der Waals surface area (Å²) in [7, 11) is 3.18. The first-order valence-corrected chi connectivity index (χ1v) is 10.1. The average molecular weight is 413 g/mol. The summed E-state index contributed by atoms with van der Waals surface area (Å²) in [6.45, 7) is -0.556. The number of fused-ring (bicyclic) bond motifs is 1. The maximum absolute atomic E-state index is 12.8. The van der Waals surface area contributed by atoms with Crippen molar-refractivity contribution in [3.63, 3.8) is 0 Å². The molecule has 0 aromatic heterocycles. The Labute approximate surface area is 176 Å². The number of aryl methyl sites for hydroxylation is 2. The normalized spacial score (nSPS) is 13.4. The molecule has 0 fully saturated rings. The summed E-state index contributed by atoms with van der Waals surface area (Å²) in [6.07, 6.45) is 6.23. The number of methoxy groups -OCH3 is 2. The van der Waals surface area contributed by atoms with Gasteiger partial charge in [0.2, 0.25) is 6.86 Å². The van der Waals surface area contributed by atoms with Gasteiger partial charge in [-0.3, -0.25) is 4.79 Å². The van der Waals surface area contributed by atoms with Crippen molar-refractivity contribution in [1.29, 1.82) is 0 Å². The topological polar surface area (TPSA) is 56.8 Å². The Kier molecular flexibility index (Phi) is 7.71. The second-order valence-electron chi connectivity index (χ2n) is 7.19. The Morgan fingerprint density at radius 2 is 1.80 bits per heavy atom. The summed E-state index contributed by atoms with van der Waals surface area (Å²) in [4.78, 5) is 12.8. The Bertz CT molecular complexity index is 910. The number of alkyl halides is 1. The highest BCUT2D eigenvalue weighted by atomic mass is 19.1. The standard InChI is InChI=1S/C24H28FNO4/c1-28-22-10-7-17(13-23(22)29-2)11-12-26-24(27)21(15-30-16-25)20-9-8-18-5-3-4-6-19(18)14-20/h7-10,13-15H,3-6,11-12,16H2,1-2H3,(H,26,27)/b21-15-. The molecule has 2 aromatic carbocycles. The average Bonchev–Trinajstić information content (AvgIpc) is 2.79. The molecule has 1 aliphatic rings. The van der Waals surface area contributed by atoms with Gasteiger partial charge in [-0.05, 0) is 66.5 Å². The van der Waals surface area contributed by atoms with Crippen molar-refractivity contribution in [3.8, 4) is 11.5 Å². The van der Waals surface area contributed by atoms with Gasteiger partial charge in [-0.1, -0.05) is 24.3 Å². The van der Waals surface area contributed by atoms with Gasteiger partial charge in [0.05, 0.1) is 26.1 Å². The van der Waals surface area contributed by atoms with Gasteiger partial charge >= 0.3 is 0 Å². The maximum atomic E-state index is 12.8. The van der Waals surface area contributed by atoms with Crippen LogP contribution in [0.15, 0.2) is 42.7 Å². The Hall–Kier alpha value is -3.02. The van der Waals surface area contributed by atoms with Crippen LogP contribution in [0.3, 0.4) is 0 Å². The summed E-state index contributed by atoms with van der Waals surface area (Å²) >= 11 is 0. The molecule has 30 heavy (non-hydrogen) atoms. The third-order valence-electron chi connectivity index (χ3n) is 5.32. The minimum atomic E-state index is -0.979. The zero-order valence-corrected chi connectivity index (χ0v) is 17.5. The molecule has 1 aliphatic carbocycles. The quantitative estimate of drug-likeness (QED) is 0.494. The molecule has 6 heteroatoms. The van der Waals surface area contributed by atoms with Gasteiger partial charge in [-0.15, -0.1) is 0 Å². The molecule has 0 bridgehead atoms. The first-order chi connectivity index (χ1) is 14.7. The van der Waals surface area contributed by atoms with E-state index in [4.69, 9.17) is 14.2 Å². The SMILES string of the molecule is COc1ccc(CCNC(=O)/C(=C\OCF)c2ccc3c(c2)CCCC3)cc1OC. The number of hydrogen-bond donors (Lipinski definition) is 1. The summed E-state index contributed by atoms with van der Waals surface area (Å²) < 4.78 is 28.0. The summed E-state index contributed by atoms with van der Waals surface area (Å²) in [5.74, 6) is 1.01. The minimum Gasteiger partial charge on any atom is -0.493 e. The van der Waals surface area contributed by atoms with E-state index in [2.05, 4.69) is 11.4 Å². The Morgan fingerprint density at radius 3 is 2.53 bits per heavy atom. The van der Waals surface area contributed by atoms with Crippen LogP contribution in [0.1, 0.15) is 35.1 Å². The number of amides is 1. The third-order valence-corrected chi connectivity index (χ3v) is 5.32. The van der Waals surface area contributed by atoms with E-state index in [1.165, 1.54) is 23.8 Å². The number of carbonyl (C=O) groups is 1. The molecule has 160 valence electrons. The molecule has 0 atom stereocenters. The lowest BCUT2D eigenvalue weighted by Gasteiger charge is -2.17. The van der Waals surface area contributed by atoms with Crippen molar-refractivity contribution in [3.05, 3.63) is 64.9 Å². The maximum Gasteiger partial charge on any atom is 0.255 e. The van der Waals surface area contributed by atoms with E-state index < -0.39 is 6.86 Å². The van der Waals surface area contributed by atoms with Crippen LogP contribution in [-0.2, 0) is 28.8 Å². The number of benzene rings is 2. The fourth-order valence-corrected chi connectivity index (χ4v) is 3.72. The van der Waals surface area contributed by atoms with Gasteiger partial charge in [0.15, 0.2) is 11.5 Å². The van der Waals surface area contributed by atoms with E-state index in [-0.39, 0.29) is 5.91 Å². The monoisotopic (exact) mass is 413 g/mol. The van der Waals surface area contributed by atoms with Crippen LogP contribution in [0.2, 0.25) is 0 Å². The third kappa shape index (κ3) is 5.32. The molecule has 0 saturated heterocycles. The number of carbonyl (C=O) groups excluding carboxylic acids is 1. The van der Waals surface area contributed by atoms with Gasteiger partial charge in [-0.25, -0.2) is 4.39 Å². The Balaban J connectivity index is 1.68. The van der Waals surface area contributed by atoms with Crippen LogP contribution < -0.4 is 14.8 Å². The zero-order valence-electron chi connectivity index (χ0n) is 17.5. The Morgan fingerprint density at radius 1 is 1.03 bits per heavy atom. The van der Waals surface area contributed by atoms with Gasteiger partial charge < -0.3 is 19.5 Å². The number of hydrogen-bond acceptors (Lipinski definition) is 4. The number of nitrogens with one attached hydrogen (secondary N) is 1. The number of rotatable bonds is 9. The van der Waals surface area contributed by atoms with Crippen molar-refractivity contribution in [2.45, 2.75) is 32.1 Å². The lowest BCUT2D eigenvalue weighted by atomic mass is 9.89. The smallest absolute Gasteiger partial charge is 0.255 e. The molecule has 2 aromatic rings. The van der Waals surface area contributed by atoms with Crippen LogP contribution in [0, 0.1) is 0 Å². The van der Waals surface area contributed by atoms with E-state index in [0.29, 0.717) is 30.0 Å². The molecular weight excluding hydrogens is 385 g/mol. The van der Waals surface area contributed by atoms with E-state index in [0.717, 1.165) is 30.4 Å². The number of ether oxygens (including phenoxy) is 3. The predicted molar refractivity (Wildman–Crippen MR) is 114 cm³/mol. The molecule has 1 N–H and O–H groups in total. The zero-order chi connectivity index (χ0) is 21.3. The molecule has 0 aliphatic heterocycles. The van der Waals surface area contributed by atoms with Crippen molar-refractivity contribution in [1.82, 2.24) is 5.32 Å². The second kappa shape index (κ2) is 10.7. The fraction of sp³-hybridized carbons (Fsp3) is 0.375. The minimum absolute atomic E-state index is 0.292. The van der Waals surface area contributed by atoms with Crippen LogP contribution >= 0.6 is 0 Å². The van der Waals surface area contributed by atoms with Gasteiger partial charge in [0.25, 0.3) is 5.91 Å². The highest BCUT2D eigenvalue weighted by Gasteiger charge is 2.16. The lowest BCUT2D eigenvalue weighted by molar-refractivity contribution is -0.115. The van der Waals surface area contributed by atoms with E-state index in [9.17, 15) is 9.18 Å². The molecule has 1 amide bonds. The van der Waals surface area contributed by atoms with Crippen LogP contribution in [0.4, 0.5) is 4.39 Å². The summed E-state index contributed by atoms with van der Waals surface area (Å²) in [5, 5.41) is 2.90. The van der Waals surface area contributed by atoms with Crippen molar-refractivity contribution < 1.29 is 23.4 Å². The first kappa shape index (κ1) is 21.7. The predicted octanol–water partition coefficient (Wildman–Crippen LogP) is 4.23. The molecule has 5 nitrogen and oxygen atoms in total. The molecule has 0 spiro atoms. The van der Waals surface area contributed by atoms with E-state index in [1.54, 1.807) is 14.2 Å². The largest absolute Gasteiger partial charge is 0.493 e. The molecular formula is C24H28FNO4. The van der Waals surface area contributed by atoms with Crippen molar-refractivity contribution in [2.75, 3.05) is 27.6 Å². The molecule has 0 heterocycles. The van der Waals surface area contributed by atoms with E-state index in [1.807, 2.05) is 30.3 Å². The highest BCUT2D eigenvalue weighted by Crippen LogP contribution is 2.28. The number of halogens is 1. The van der Waals surface area contributed by atoms with Crippen molar-refractivity contribution in [2.24, 2.45) is 0 Å². The van der Waals surface area contributed by atoms with Gasteiger partial charge in [0.1, 0.15) is 0 Å². The summed E-state index contributed by atoms with van der Waals surface area (Å²) in [5.41, 5.74) is 4.65. The second-order valence-corrected chi connectivity index (χ2v) is 7.19. The highest BCUT2D eigenvalue weighted by molar-refractivity contribution is 6.19. The first-order valence-electron chi connectivity index (χ1n) is 10.1. The van der Waals surface area contributed by atoms with Gasteiger partial charge in [0, 0.05) is 6.54 Å². The van der Waals surface area contributed by atoms with E-state index >= 15 is 0 Å². The summed E-state index contributed by atoms with van der Waals surface area (Å²) in [6, 6.07) is 11.6. The molecule has 3 rings (SSSR count). The molecule has 0 unspecified atom stereocenters. The fourth-order valence-electron chi connectivity index (χ4n) is 3.72. The molecule has 0 radical (unpaired) electrons.